The molecule has 0 fully saturated rings. The molecule has 32 heavy (non-hydrogen) atoms. The average Bonchev–Trinajstić information content (AvgIpc) is 2.72. The quantitative estimate of drug-likeness (QED) is 0.429. The Kier molecular flexibility index (Phi) is 6.77. The standard InChI is InChI=1S/C25H23F3O4/c1-13-7-6-8-14(2)21(13)23(29)22-15(3)9-20(30-4)24(31-5)25(22)32-12-17-18(27)10-16(26)11-19(17)28/h6-11H,12H2,1-5H3. The van der Waals surface area contributed by atoms with Crippen LogP contribution in [0.2, 0.25) is 0 Å². The molecule has 168 valence electrons. The molecule has 0 heterocycles. The molecule has 0 unspecified atom stereocenters. The first kappa shape index (κ1) is 23.2. The van der Waals surface area contributed by atoms with E-state index in [1.165, 1.54) is 14.2 Å². The number of methoxy groups -OCH3 is 2. The van der Waals surface area contributed by atoms with Crippen molar-refractivity contribution >= 4 is 5.78 Å². The van der Waals surface area contributed by atoms with Gasteiger partial charge in [-0.1, -0.05) is 18.2 Å². The SMILES string of the molecule is COc1cc(C)c(C(=O)c2c(C)cccc2C)c(OCc2c(F)cc(F)cc2F)c1OC. The number of aryl methyl sites for hydroxylation is 3. The van der Waals surface area contributed by atoms with Crippen LogP contribution in [-0.4, -0.2) is 20.0 Å². The number of carbonyl (C=O) groups excluding carboxylic acids is 1. The Morgan fingerprint density at radius 3 is 1.94 bits per heavy atom. The van der Waals surface area contributed by atoms with E-state index in [4.69, 9.17) is 14.2 Å². The third kappa shape index (κ3) is 4.28. The van der Waals surface area contributed by atoms with E-state index in [0.29, 0.717) is 23.3 Å². The van der Waals surface area contributed by atoms with Gasteiger partial charge >= 0.3 is 0 Å². The fourth-order valence-corrected chi connectivity index (χ4v) is 3.66. The zero-order chi connectivity index (χ0) is 23.6. The lowest BCUT2D eigenvalue weighted by atomic mass is 9.91. The lowest BCUT2D eigenvalue weighted by Gasteiger charge is -2.20. The zero-order valence-electron chi connectivity index (χ0n) is 18.4. The maximum Gasteiger partial charge on any atom is 0.204 e. The molecule has 4 nitrogen and oxygen atoms in total. The molecule has 0 radical (unpaired) electrons. The van der Waals surface area contributed by atoms with Crippen molar-refractivity contribution < 1.29 is 32.2 Å². The van der Waals surface area contributed by atoms with Crippen LogP contribution in [0.1, 0.15) is 38.2 Å². The van der Waals surface area contributed by atoms with Crippen molar-refractivity contribution in [2.24, 2.45) is 0 Å². The first-order valence-electron chi connectivity index (χ1n) is 9.82. The summed E-state index contributed by atoms with van der Waals surface area (Å²) < 4.78 is 58.1. The summed E-state index contributed by atoms with van der Waals surface area (Å²) in [5.74, 6) is -3.17. The highest BCUT2D eigenvalue weighted by molar-refractivity contribution is 6.14. The van der Waals surface area contributed by atoms with Crippen LogP contribution in [0.25, 0.3) is 0 Å². The van der Waals surface area contributed by atoms with Crippen LogP contribution < -0.4 is 14.2 Å². The summed E-state index contributed by atoms with van der Waals surface area (Å²) in [5, 5.41) is 0. The molecule has 0 aliphatic carbocycles. The lowest BCUT2D eigenvalue weighted by Crippen LogP contribution is -2.13. The molecule has 0 spiro atoms. The highest BCUT2D eigenvalue weighted by atomic mass is 19.1. The van der Waals surface area contributed by atoms with Gasteiger partial charge in [0.05, 0.1) is 25.3 Å². The zero-order valence-corrected chi connectivity index (χ0v) is 18.4. The van der Waals surface area contributed by atoms with Gasteiger partial charge in [0, 0.05) is 17.7 Å². The number of ether oxygens (including phenoxy) is 3. The fourth-order valence-electron chi connectivity index (χ4n) is 3.66. The molecular formula is C25H23F3O4. The Morgan fingerprint density at radius 2 is 1.41 bits per heavy atom. The minimum atomic E-state index is -1.09. The second-order valence-electron chi connectivity index (χ2n) is 7.37. The summed E-state index contributed by atoms with van der Waals surface area (Å²) in [6, 6.07) is 8.25. The number of rotatable bonds is 7. The van der Waals surface area contributed by atoms with Gasteiger partial charge in [-0.25, -0.2) is 13.2 Å². The number of benzene rings is 3. The van der Waals surface area contributed by atoms with Crippen molar-refractivity contribution in [1.82, 2.24) is 0 Å². The normalized spacial score (nSPS) is 10.8. The monoisotopic (exact) mass is 444 g/mol. The van der Waals surface area contributed by atoms with Crippen molar-refractivity contribution in [2.45, 2.75) is 27.4 Å². The van der Waals surface area contributed by atoms with Crippen molar-refractivity contribution in [1.29, 1.82) is 0 Å². The third-order valence-electron chi connectivity index (χ3n) is 5.22. The molecule has 0 N–H and O–H groups in total. The third-order valence-corrected chi connectivity index (χ3v) is 5.22. The molecule has 3 rings (SSSR count). The Bertz CT molecular complexity index is 1150. The predicted molar refractivity (Wildman–Crippen MR) is 114 cm³/mol. The molecule has 3 aromatic rings. The Hall–Kier alpha value is -3.48. The molecule has 0 aliphatic heterocycles. The number of hydrogen-bond donors (Lipinski definition) is 0. The first-order chi connectivity index (χ1) is 15.2. The van der Waals surface area contributed by atoms with Crippen LogP contribution in [-0.2, 0) is 6.61 Å². The highest BCUT2D eigenvalue weighted by Crippen LogP contribution is 2.43. The van der Waals surface area contributed by atoms with E-state index in [-0.39, 0.29) is 28.6 Å². The van der Waals surface area contributed by atoms with Crippen LogP contribution in [0.5, 0.6) is 17.2 Å². The first-order valence-corrected chi connectivity index (χ1v) is 9.82. The van der Waals surface area contributed by atoms with Crippen molar-refractivity contribution in [3.63, 3.8) is 0 Å². The summed E-state index contributed by atoms with van der Waals surface area (Å²) in [5.41, 5.74) is 2.27. The maximum atomic E-state index is 14.2. The Morgan fingerprint density at radius 1 is 0.812 bits per heavy atom. The topological polar surface area (TPSA) is 44.8 Å². The van der Waals surface area contributed by atoms with Crippen LogP contribution >= 0.6 is 0 Å². The van der Waals surface area contributed by atoms with E-state index in [1.54, 1.807) is 13.0 Å². The van der Waals surface area contributed by atoms with Crippen molar-refractivity contribution in [2.75, 3.05) is 14.2 Å². The van der Waals surface area contributed by atoms with Gasteiger partial charge in [0.1, 0.15) is 24.1 Å². The molecule has 0 aliphatic rings. The van der Waals surface area contributed by atoms with Crippen LogP contribution in [0.15, 0.2) is 36.4 Å². The van der Waals surface area contributed by atoms with E-state index in [1.807, 2.05) is 32.0 Å². The minimum Gasteiger partial charge on any atom is -0.493 e. The van der Waals surface area contributed by atoms with E-state index >= 15 is 0 Å². The maximum absolute atomic E-state index is 14.2. The molecule has 0 saturated carbocycles. The summed E-state index contributed by atoms with van der Waals surface area (Å²) in [6.45, 7) is 4.75. The van der Waals surface area contributed by atoms with Gasteiger partial charge in [0.25, 0.3) is 0 Å². The summed E-state index contributed by atoms with van der Waals surface area (Å²) in [7, 11) is 2.79. The molecule has 0 bridgehead atoms. The number of halogens is 3. The second kappa shape index (κ2) is 9.34. The fraction of sp³-hybridized carbons (Fsp3) is 0.240. The van der Waals surface area contributed by atoms with Gasteiger partial charge in [-0.15, -0.1) is 0 Å². The Balaban J connectivity index is 2.18. The van der Waals surface area contributed by atoms with Gasteiger partial charge in [-0.2, -0.15) is 0 Å². The van der Waals surface area contributed by atoms with E-state index in [9.17, 15) is 18.0 Å². The number of ketones is 1. The second-order valence-corrected chi connectivity index (χ2v) is 7.37. The molecule has 0 saturated heterocycles. The van der Waals surface area contributed by atoms with E-state index in [2.05, 4.69) is 0 Å². The smallest absolute Gasteiger partial charge is 0.204 e. The molecule has 0 atom stereocenters. The van der Waals surface area contributed by atoms with Crippen molar-refractivity contribution in [3.05, 3.63) is 87.2 Å². The number of hydrogen-bond acceptors (Lipinski definition) is 4. The summed E-state index contributed by atoms with van der Waals surface area (Å²) in [6.07, 6.45) is 0. The van der Waals surface area contributed by atoms with Crippen molar-refractivity contribution in [3.8, 4) is 17.2 Å². The number of carbonyl (C=O) groups is 1. The minimum absolute atomic E-state index is 0.0138. The van der Waals surface area contributed by atoms with E-state index in [0.717, 1.165) is 11.1 Å². The van der Waals surface area contributed by atoms with Gasteiger partial charge < -0.3 is 14.2 Å². The molecule has 0 amide bonds. The molecular weight excluding hydrogens is 421 g/mol. The molecule has 3 aromatic carbocycles. The Labute approximate surface area is 184 Å². The summed E-state index contributed by atoms with van der Waals surface area (Å²) in [4.78, 5) is 13.6. The largest absolute Gasteiger partial charge is 0.493 e. The average molecular weight is 444 g/mol. The van der Waals surface area contributed by atoms with Crippen LogP contribution in [0.4, 0.5) is 13.2 Å². The van der Waals surface area contributed by atoms with E-state index < -0.39 is 29.6 Å². The predicted octanol–water partition coefficient (Wildman–Crippen LogP) is 5.86. The van der Waals surface area contributed by atoms with Gasteiger partial charge in [-0.3, -0.25) is 4.79 Å². The lowest BCUT2D eigenvalue weighted by molar-refractivity contribution is 0.103. The van der Waals surface area contributed by atoms with Gasteiger partial charge in [-0.05, 0) is 43.5 Å². The highest BCUT2D eigenvalue weighted by Gasteiger charge is 2.27. The molecule has 0 aromatic heterocycles. The van der Waals surface area contributed by atoms with Crippen LogP contribution in [0, 0.1) is 38.2 Å². The van der Waals surface area contributed by atoms with Crippen LogP contribution in [0.3, 0.4) is 0 Å². The van der Waals surface area contributed by atoms with Gasteiger partial charge in [0.15, 0.2) is 17.3 Å². The summed E-state index contributed by atoms with van der Waals surface area (Å²) >= 11 is 0. The molecule has 7 heteroatoms. The van der Waals surface area contributed by atoms with Gasteiger partial charge in [0.2, 0.25) is 5.75 Å².